The maximum absolute atomic E-state index is 11.1. The quantitative estimate of drug-likeness (QED) is 0.654. The number of benzene rings is 1. The number of imidazole rings is 1. The summed E-state index contributed by atoms with van der Waals surface area (Å²) in [5.41, 5.74) is 6.92. The SMILES string of the molecule is NC(=O)c1cc(OCCCO)c2[nH]cnc2c1. The average Bonchev–Trinajstić information content (AvgIpc) is 2.77. The molecule has 0 aliphatic carbocycles. The zero-order valence-electron chi connectivity index (χ0n) is 9.14. The zero-order valence-corrected chi connectivity index (χ0v) is 9.14. The minimum absolute atomic E-state index is 0.0572. The average molecular weight is 235 g/mol. The number of hydrogen-bond acceptors (Lipinski definition) is 4. The van der Waals surface area contributed by atoms with Crippen LogP contribution in [0.15, 0.2) is 18.5 Å². The van der Waals surface area contributed by atoms with E-state index in [1.807, 2.05) is 0 Å². The first-order valence-electron chi connectivity index (χ1n) is 5.23. The van der Waals surface area contributed by atoms with E-state index in [1.54, 1.807) is 12.1 Å². The molecule has 0 aliphatic heterocycles. The normalized spacial score (nSPS) is 10.6. The number of aliphatic hydroxyl groups is 1. The summed E-state index contributed by atoms with van der Waals surface area (Å²) in [7, 11) is 0. The number of aromatic amines is 1. The number of H-pyrrole nitrogens is 1. The van der Waals surface area contributed by atoms with Crippen molar-refractivity contribution in [3.8, 4) is 5.75 Å². The lowest BCUT2D eigenvalue weighted by atomic mass is 10.2. The Morgan fingerprint density at radius 3 is 3.06 bits per heavy atom. The lowest BCUT2D eigenvalue weighted by Crippen LogP contribution is -2.11. The summed E-state index contributed by atoms with van der Waals surface area (Å²) in [6.45, 7) is 0.425. The zero-order chi connectivity index (χ0) is 12.3. The van der Waals surface area contributed by atoms with Gasteiger partial charge in [0.05, 0.1) is 18.5 Å². The first-order chi connectivity index (χ1) is 8.22. The van der Waals surface area contributed by atoms with E-state index >= 15 is 0 Å². The van der Waals surface area contributed by atoms with Gasteiger partial charge in [-0.3, -0.25) is 4.79 Å². The summed E-state index contributed by atoms with van der Waals surface area (Å²) in [5.74, 6) is -0.0100. The first kappa shape index (κ1) is 11.4. The van der Waals surface area contributed by atoms with E-state index in [0.29, 0.717) is 35.4 Å². The number of aliphatic hydroxyl groups excluding tert-OH is 1. The number of aromatic nitrogens is 2. The molecule has 0 saturated carbocycles. The molecule has 0 bridgehead atoms. The van der Waals surface area contributed by atoms with E-state index in [9.17, 15) is 4.79 Å². The number of fused-ring (bicyclic) bond motifs is 1. The fraction of sp³-hybridized carbons (Fsp3) is 0.273. The first-order valence-corrected chi connectivity index (χ1v) is 5.23. The molecule has 0 saturated heterocycles. The summed E-state index contributed by atoms with van der Waals surface area (Å²) in [5, 5.41) is 8.69. The van der Waals surface area contributed by atoms with Crippen molar-refractivity contribution in [2.45, 2.75) is 6.42 Å². The van der Waals surface area contributed by atoms with E-state index in [4.69, 9.17) is 15.6 Å². The van der Waals surface area contributed by atoms with Crippen molar-refractivity contribution in [2.75, 3.05) is 13.2 Å². The Labute approximate surface area is 97.4 Å². The van der Waals surface area contributed by atoms with Gasteiger partial charge in [-0.1, -0.05) is 0 Å². The van der Waals surface area contributed by atoms with Crippen LogP contribution in [-0.2, 0) is 0 Å². The third kappa shape index (κ3) is 2.36. The molecule has 1 aromatic heterocycles. The van der Waals surface area contributed by atoms with Crippen LogP contribution in [0.2, 0.25) is 0 Å². The second kappa shape index (κ2) is 4.84. The summed E-state index contributed by atoms with van der Waals surface area (Å²) < 4.78 is 5.47. The van der Waals surface area contributed by atoms with Crippen LogP contribution in [0.5, 0.6) is 5.75 Å². The van der Waals surface area contributed by atoms with Gasteiger partial charge in [0, 0.05) is 18.6 Å². The van der Waals surface area contributed by atoms with Gasteiger partial charge >= 0.3 is 0 Å². The van der Waals surface area contributed by atoms with Crippen molar-refractivity contribution < 1.29 is 14.6 Å². The number of amides is 1. The van der Waals surface area contributed by atoms with Gasteiger partial charge in [-0.25, -0.2) is 4.98 Å². The van der Waals surface area contributed by atoms with E-state index in [2.05, 4.69) is 9.97 Å². The summed E-state index contributed by atoms with van der Waals surface area (Å²) in [4.78, 5) is 18.1. The van der Waals surface area contributed by atoms with E-state index in [1.165, 1.54) is 6.33 Å². The van der Waals surface area contributed by atoms with Gasteiger partial charge in [-0.15, -0.1) is 0 Å². The van der Waals surface area contributed by atoms with Crippen molar-refractivity contribution in [2.24, 2.45) is 5.73 Å². The number of rotatable bonds is 5. The van der Waals surface area contributed by atoms with E-state index < -0.39 is 5.91 Å². The number of primary amides is 1. The summed E-state index contributed by atoms with van der Waals surface area (Å²) in [6.07, 6.45) is 2.05. The molecule has 1 amide bonds. The van der Waals surface area contributed by atoms with Crippen LogP contribution in [0.4, 0.5) is 0 Å². The van der Waals surface area contributed by atoms with Crippen LogP contribution in [-0.4, -0.2) is 34.2 Å². The maximum atomic E-state index is 11.1. The van der Waals surface area contributed by atoms with Gasteiger partial charge in [0.2, 0.25) is 5.91 Å². The Morgan fingerprint density at radius 1 is 1.53 bits per heavy atom. The molecule has 0 spiro atoms. The van der Waals surface area contributed by atoms with Crippen LogP contribution in [0.1, 0.15) is 16.8 Å². The van der Waals surface area contributed by atoms with Crippen LogP contribution in [0.25, 0.3) is 11.0 Å². The summed E-state index contributed by atoms with van der Waals surface area (Å²) in [6, 6.07) is 3.17. The molecule has 2 rings (SSSR count). The van der Waals surface area contributed by atoms with Gasteiger partial charge in [-0.05, 0) is 12.1 Å². The number of hydrogen-bond donors (Lipinski definition) is 3. The monoisotopic (exact) mass is 235 g/mol. The largest absolute Gasteiger partial charge is 0.491 e. The Balaban J connectivity index is 2.36. The van der Waals surface area contributed by atoms with Crippen molar-refractivity contribution >= 4 is 16.9 Å². The van der Waals surface area contributed by atoms with E-state index in [-0.39, 0.29) is 6.61 Å². The third-order valence-corrected chi connectivity index (χ3v) is 2.34. The smallest absolute Gasteiger partial charge is 0.248 e. The van der Waals surface area contributed by atoms with Gasteiger partial charge in [0.25, 0.3) is 0 Å². The highest BCUT2D eigenvalue weighted by molar-refractivity contribution is 5.98. The highest BCUT2D eigenvalue weighted by Crippen LogP contribution is 2.24. The highest BCUT2D eigenvalue weighted by atomic mass is 16.5. The number of nitrogens with two attached hydrogens (primary N) is 1. The molecule has 0 radical (unpaired) electrons. The van der Waals surface area contributed by atoms with Crippen LogP contribution < -0.4 is 10.5 Å². The molecule has 0 atom stereocenters. The Hall–Kier alpha value is -2.08. The number of ether oxygens (including phenoxy) is 1. The number of carbonyl (C=O) groups excluding carboxylic acids is 1. The van der Waals surface area contributed by atoms with Gasteiger partial charge in [-0.2, -0.15) is 0 Å². The fourth-order valence-electron chi connectivity index (χ4n) is 1.52. The molecule has 1 heterocycles. The van der Waals surface area contributed by atoms with Crippen molar-refractivity contribution in [3.63, 3.8) is 0 Å². The van der Waals surface area contributed by atoms with Crippen LogP contribution in [0, 0.1) is 0 Å². The molecular formula is C11H13N3O3. The predicted octanol–water partition coefficient (Wildman–Crippen LogP) is 0.423. The lowest BCUT2D eigenvalue weighted by molar-refractivity contribution is 0.1000. The number of carbonyl (C=O) groups is 1. The third-order valence-electron chi connectivity index (χ3n) is 2.34. The molecule has 4 N–H and O–H groups in total. The second-order valence-corrected chi connectivity index (χ2v) is 3.56. The molecule has 6 nitrogen and oxygen atoms in total. The number of nitrogens with one attached hydrogen (secondary N) is 1. The minimum Gasteiger partial charge on any atom is -0.491 e. The molecular weight excluding hydrogens is 222 g/mol. The second-order valence-electron chi connectivity index (χ2n) is 3.56. The molecule has 0 unspecified atom stereocenters. The highest BCUT2D eigenvalue weighted by Gasteiger charge is 2.10. The van der Waals surface area contributed by atoms with Crippen LogP contribution >= 0.6 is 0 Å². The van der Waals surface area contributed by atoms with Crippen molar-refractivity contribution in [1.29, 1.82) is 0 Å². The van der Waals surface area contributed by atoms with Crippen LogP contribution in [0.3, 0.4) is 0 Å². The molecule has 6 heteroatoms. The molecule has 0 fully saturated rings. The summed E-state index contributed by atoms with van der Waals surface area (Å²) >= 11 is 0. The number of nitrogens with zero attached hydrogens (tertiary/aromatic N) is 1. The fourth-order valence-corrected chi connectivity index (χ4v) is 1.52. The van der Waals surface area contributed by atoms with Gasteiger partial charge in [0.15, 0.2) is 0 Å². The molecule has 90 valence electrons. The lowest BCUT2D eigenvalue weighted by Gasteiger charge is -2.07. The minimum atomic E-state index is -0.526. The topological polar surface area (TPSA) is 101 Å². The Bertz CT molecular complexity index is 536. The molecule has 1 aromatic carbocycles. The molecule has 0 aliphatic rings. The molecule has 17 heavy (non-hydrogen) atoms. The van der Waals surface area contributed by atoms with Gasteiger partial charge < -0.3 is 20.6 Å². The van der Waals surface area contributed by atoms with Crippen molar-refractivity contribution in [3.05, 3.63) is 24.0 Å². The molecule has 2 aromatic rings. The Kier molecular flexibility index (Phi) is 3.24. The van der Waals surface area contributed by atoms with E-state index in [0.717, 1.165) is 0 Å². The standard InChI is InChI=1S/C11H13N3O3/c12-11(16)7-4-8-10(14-6-13-8)9(5-7)17-3-1-2-15/h4-6,15H,1-3H2,(H2,12,16)(H,13,14). The predicted molar refractivity (Wildman–Crippen MR) is 61.8 cm³/mol. The van der Waals surface area contributed by atoms with Gasteiger partial charge in [0.1, 0.15) is 11.3 Å². The Morgan fingerprint density at radius 2 is 2.35 bits per heavy atom. The van der Waals surface area contributed by atoms with Crippen molar-refractivity contribution in [1.82, 2.24) is 9.97 Å². The maximum Gasteiger partial charge on any atom is 0.248 e.